The summed E-state index contributed by atoms with van der Waals surface area (Å²) < 4.78 is 7.71. The van der Waals surface area contributed by atoms with Crippen molar-refractivity contribution in [2.45, 2.75) is 64.0 Å². The lowest BCUT2D eigenvalue weighted by atomic mass is 9.95. The molecule has 1 saturated heterocycles. The highest BCUT2D eigenvalue weighted by Crippen LogP contribution is 2.28. The minimum Gasteiger partial charge on any atom is -0.494 e. The summed E-state index contributed by atoms with van der Waals surface area (Å²) >= 11 is 0. The van der Waals surface area contributed by atoms with Gasteiger partial charge < -0.3 is 15.0 Å². The summed E-state index contributed by atoms with van der Waals surface area (Å²) in [5.41, 5.74) is 1.14. The molecule has 2 heterocycles. The van der Waals surface area contributed by atoms with Crippen LogP contribution in [0, 0.1) is 0 Å². The molecule has 6 heteroatoms. The number of carbonyl (C=O) groups excluding carboxylic acids is 1. The van der Waals surface area contributed by atoms with Gasteiger partial charge in [0.05, 0.1) is 24.4 Å². The molecule has 4 rings (SSSR count). The monoisotopic (exact) mass is 370 g/mol. The van der Waals surface area contributed by atoms with Gasteiger partial charge in [0.15, 0.2) is 0 Å². The number of piperidine rings is 1. The lowest BCUT2D eigenvalue weighted by Crippen LogP contribution is -2.48. The third kappa shape index (κ3) is 4.04. The van der Waals surface area contributed by atoms with Gasteiger partial charge in [-0.1, -0.05) is 19.3 Å². The van der Waals surface area contributed by atoms with Gasteiger partial charge in [0.25, 0.3) is 0 Å². The Balaban J connectivity index is 1.36. The van der Waals surface area contributed by atoms with E-state index in [2.05, 4.69) is 27.2 Å². The second kappa shape index (κ2) is 8.19. The number of aromatic nitrogens is 2. The smallest absolute Gasteiger partial charge is 0.317 e. The van der Waals surface area contributed by atoms with Gasteiger partial charge in [-0.3, -0.25) is 4.68 Å². The van der Waals surface area contributed by atoms with Crippen LogP contribution in [0.5, 0.6) is 5.75 Å². The average molecular weight is 370 g/mol. The number of rotatable bonds is 4. The number of carbonyl (C=O) groups is 1. The van der Waals surface area contributed by atoms with Crippen molar-refractivity contribution in [3.05, 3.63) is 24.4 Å². The molecule has 0 unspecified atom stereocenters. The van der Waals surface area contributed by atoms with Crippen LogP contribution >= 0.6 is 0 Å². The Morgan fingerprint density at radius 3 is 2.70 bits per heavy atom. The second-order valence-corrected chi connectivity index (χ2v) is 7.75. The van der Waals surface area contributed by atoms with Crippen molar-refractivity contribution in [2.24, 2.45) is 0 Å². The number of hydrogen-bond donors (Lipinski definition) is 1. The Labute approximate surface area is 160 Å². The van der Waals surface area contributed by atoms with E-state index in [1.807, 2.05) is 24.1 Å². The topological polar surface area (TPSA) is 59.4 Å². The molecule has 146 valence electrons. The molecule has 1 aliphatic carbocycles. The van der Waals surface area contributed by atoms with Crippen molar-refractivity contribution in [1.82, 2.24) is 20.0 Å². The van der Waals surface area contributed by atoms with Gasteiger partial charge in [-0.25, -0.2) is 4.79 Å². The Morgan fingerprint density at radius 2 is 1.96 bits per heavy atom. The fourth-order valence-electron chi connectivity index (χ4n) is 4.41. The molecule has 1 aromatic heterocycles. The largest absolute Gasteiger partial charge is 0.494 e. The summed E-state index contributed by atoms with van der Waals surface area (Å²) in [5.74, 6) is 0.888. The van der Waals surface area contributed by atoms with Gasteiger partial charge in [0.2, 0.25) is 0 Å². The first-order valence-corrected chi connectivity index (χ1v) is 10.4. The maximum atomic E-state index is 12.5. The summed E-state index contributed by atoms with van der Waals surface area (Å²) in [4.78, 5) is 14.5. The minimum atomic E-state index is 0.118. The van der Waals surface area contributed by atoms with Crippen molar-refractivity contribution in [3.8, 4) is 5.75 Å². The minimum absolute atomic E-state index is 0.118. The predicted octanol–water partition coefficient (Wildman–Crippen LogP) is 4.11. The van der Waals surface area contributed by atoms with Crippen LogP contribution in [-0.4, -0.2) is 46.4 Å². The number of benzene rings is 1. The molecule has 0 spiro atoms. The predicted molar refractivity (Wildman–Crippen MR) is 106 cm³/mol. The van der Waals surface area contributed by atoms with Crippen LogP contribution in [0.3, 0.4) is 0 Å². The number of fused-ring (bicyclic) bond motifs is 1. The number of urea groups is 1. The summed E-state index contributed by atoms with van der Waals surface area (Å²) in [6.07, 6.45) is 9.86. The van der Waals surface area contributed by atoms with E-state index in [-0.39, 0.29) is 6.03 Å². The van der Waals surface area contributed by atoms with Crippen LogP contribution in [0.2, 0.25) is 0 Å². The van der Waals surface area contributed by atoms with E-state index < -0.39 is 0 Å². The first-order valence-electron chi connectivity index (χ1n) is 10.4. The third-order valence-electron chi connectivity index (χ3n) is 5.91. The summed E-state index contributed by atoms with van der Waals surface area (Å²) in [6, 6.07) is 6.99. The first kappa shape index (κ1) is 18.1. The Hall–Kier alpha value is -2.24. The van der Waals surface area contributed by atoms with E-state index in [4.69, 9.17) is 4.74 Å². The van der Waals surface area contributed by atoms with Crippen LogP contribution in [-0.2, 0) is 0 Å². The summed E-state index contributed by atoms with van der Waals surface area (Å²) in [7, 11) is 0. The molecule has 2 aliphatic rings. The Morgan fingerprint density at radius 1 is 1.19 bits per heavy atom. The molecule has 0 atom stereocenters. The fraction of sp³-hybridized carbons (Fsp3) is 0.619. The standard InChI is InChI=1S/C21H30N4O2/c1-2-27-19-8-9-20-16(14-19)15-22-25(20)18-10-12-24(13-11-18)21(26)23-17-6-4-3-5-7-17/h8-9,14-15,17-18H,2-7,10-13H2,1H3,(H,23,26). The molecule has 2 amide bonds. The second-order valence-electron chi connectivity index (χ2n) is 7.75. The highest BCUT2D eigenvalue weighted by molar-refractivity contribution is 5.80. The number of nitrogens with one attached hydrogen (secondary N) is 1. The number of likely N-dealkylation sites (tertiary alicyclic amines) is 1. The molecule has 0 radical (unpaired) electrons. The molecule has 1 saturated carbocycles. The normalized spacial score (nSPS) is 19.4. The van der Waals surface area contributed by atoms with Crippen molar-refractivity contribution in [1.29, 1.82) is 0 Å². The molecule has 1 aromatic carbocycles. The lowest BCUT2D eigenvalue weighted by molar-refractivity contribution is 0.164. The van der Waals surface area contributed by atoms with Gasteiger partial charge in [-0.05, 0) is 50.8 Å². The van der Waals surface area contributed by atoms with Crippen LogP contribution in [0.15, 0.2) is 24.4 Å². The number of hydrogen-bond acceptors (Lipinski definition) is 3. The Kier molecular flexibility index (Phi) is 5.50. The van der Waals surface area contributed by atoms with E-state index in [1.54, 1.807) is 0 Å². The zero-order chi connectivity index (χ0) is 18.6. The van der Waals surface area contributed by atoms with Gasteiger partial charge in [0.1, 0.15) is 5.75 Å². The van der Waals surface area contributed by atoms with Crippen LogP contribution < -0.4 is 10.1 Å². The zero-order valence-electron chi connectivity index (χ0n) is 16.2. The first-order chi connectivity index (χ1) is 13.2. The van der Waals surface area contributed by atoms with E-state index in [0.717, 1.165) is 55.4 Å². The maximum Gasteiger partial charge on any atom is 0.317 e. The SMILES string of the molecule is CCOc1ccc2c(cnn2C2CCN(C(=O)NC3CCCCC3)CC2)c1. The molecular weight excluding hydrogens is 340 g/mol. The van der Waals surface area contributed by atoms with E-state index in [1.165, 1.54) is 19.3 Å². The molecule has 6 nitrogen and oxygen atoms in total. The average Bonchev–Trinajstić information content (AvgIpc) is 3.12. The van der Waals surface area contributed by atoms with Gasteiger partial charge in [-0.15, -0.1) is 0 Å². The molecule has 27 heavy (non-hydrogen) atoms. The molecule has 2 fully saturated rings. The molecule has 1 N–H and O–H groups in total. The third-order valence-corrected chi connectivity index (χ3v) is 5.91. The number of ether oxygens (including phenoxy) is 1. The van der Waals surface area contributed by atoms with Crippen LogP contribution in [0.1, 0.15) is 57.9 Å². The van der Waals surface area contributed by atoms with Crippen molar-refractivity contribution < 1.29 is 9.53 Å². The van der Waals surface area contributed by atoms with Crippen molar-refractivity contribution in [2.75, 3.05) is 19.7 Å². The lowest BCUT2D eigenvalue weighted by Gasteiger charge is -2.34. The highest BCUT2D eigenvalue weighted by Gasteiger charge is 2.26. The summed E-state index contributed by atoms with van der Waals surface area (Å²) in [5, 5.41) is 8.97. The van der Waals surface area contributed by atoms with E-state index in [0.29, 0.717) is 18.7 Å². The molecule has 2 aromatic rings. The number of nitrogens with zero attached hydrogens (tertiary/aromatic N) is 3. The number of amides is 2. The van der Waals surface area contributed by atoms with Crippen molar-refractivity contribution in [3.63, 3.8) is 0 Å². The molecular formula is C21H30N4O2. The quantitative estimate of drug-likeness (QED) is 0.881. The van der Waals surface area contributed by atoms with E-state index >= 15 is 0 Å². The van der Waals surface area contributed by atoms with Crippen LogP contribution in [0.4, 0.5) is 4.79 Å². The maximum absolute atomic E-state index is 12.5. The van der Waals surface area contributed by atoms with E-state index in [9.17, 15) is 4.79 Å². The fourth-order valence-corrected chi connectivity index (χ4v) is 4.41. The van der Waals surface area contributed by atoms with Gasteiger partial charge in [-0.2, -0.15) is 5.10 Å². The molecule has 0 bridgehead atoms. The highest BCUT2D eigenvalue weighted by atomic mass is 16.5. The summed E-state index contributed by atoms with van der Waals surface area (Å²) in [6.45, 7) is 4.25. The zero-order valence-corrected chi connectivity index (χ0v) is 16.2. The van der Waals surface area contributed by atoms with Gasteiger partial charge >= 0.3 is 6.03 Å². The van der Waals surface area contributed by atoms with Crippen molar-refractivity contribution >= 4 is 16.9 Å². The Bertz CT molecular complexity index is 774. The van der Waals surface area contributed by atoms with Gasteiger partial charge in [0, 0.05) is 24.5 Å². The molecule has 1 aliphatic heterocycles. The van der Waals surface area contributed by atoms with Crippen LogP contribution in [0.25, 0.3) is 10.9 Å².